The van der Waals surface area contributed by atoms with Gasteiger partial charge in [0.2, 0.25) is 0 Å². The molecule has 1 saturated carbocycles. The van der Waals surface area contributed by atoms with Gasteiger partial charge in [0.1, 0.15) is 0 Å². The number of hydrogen-bond donors (Lipinski definition) is 2. The van der Waals surface area contributed by atoms with E-state index in [1.807, 2.05) is 0 Å². The van der Waals surface area contributed by atoms with Crippen molar-refractivity contribution >= 4 is 0 Å². The van der Waals surface area contributed by atoms with Crippen LogP contribution in [0.3, 0.4) is 0 Å². The largest absolute Gasteiger partial charge is 0.328 e. The van der Waals surface area contributed by atoms with Crippen LogP contribution >= 0.6 is 0 Å². The fraction of sp³-hybridized carbons (Fsp3) is 1.00. The first kappa shape index (κ1) is 15.9. The second-order valence-electron chi connectivity index (χ2n) is 5.22. The fourth-order valence-electron chi connectivity index (χ4n) is 2.03. The molecule has 1 unspecified atom stereocenters. The molecular formula is C14H32N2. The Morgan fingerprint density at radius 1 is 1.06 bits per heavy atom. The Labute approximate surface area is 102 Å². The fourth-order valence-corrected chi connectivity index (χ4v) is 2.03. The first-order valence-electron chi connectivity index (χ1n) is 7.18. The van der Waals surface area contributed by atoms with Gasteiger partial charge in [-0.3, -0.25) is 0 Å². The molecule has 0 aromatic rings. The summed E-state index contributed by atoms with van der Waals surface area (Å²) in [5, 5.41) is 0. The zero-order valence-corrected chi connectivity index (χ0v) is 11.4. The van der Waals surface area contributed by atoms with Gasteiger partial charge < -0.3 is 11.5 Å². The minimum Gasteiger partial charge on any atom is -0.328 e. The van der Waals surface area contributed by atoms with Crippen LogP contribution in [0.5, 0.6) is 0 Å². The Bertz CT molecular complexity index is 129. The molecule has 0 aromatic heterocycles. The lowest BCUT2D eigenvalue weighted by Crippen LogP contribution is -2.22. The molecule has 0 heterocycles. The molecule has 98 valence electrons. The molecular weight excluding hydrogens is 196 g/mol. The van der Waals surface area contributed by atoms with Crippen molar-refractivity contribution in [2.24, 2.45) is 11.5 Å². The van der Waals surface area contributed by atoms with Crippen LogP contribution in [0, 0.1) is 0 Å². The van der Waals surface area contributed by atoms with E-state index < -0.39 is 0 Å². The van der Waals surface area contributed by atoms with Crippen molar-refractivity contribution in [3.8, 4) is 0 Å². The van der Waals surface area contributed by atoms with E-state index >= 15 is 0 Å². The van der Waals surface area contributed by atoms with Crippen molar-refractivity contribution in [3.63, 3.8) is 0 Å². The van der Waals surface area contributed by atoms with E-state index in [1.54, 1.807) is 0 Å². The Balaban J connectivity index is 0.000000288. The van der Waals surface area contributed by atoms with E-state index in [-0.39, 0.29) is 0 Å². The third-order valence-electron chi connectivity index (χ3n) is 3.16. The molecule has 1 atom stereocenters. The van der Waals surface area contributed by atoms with Crippen LogP contribution in [0.15, 0.2) is 0 Å². The number of nitrogens with two attached hydrogens (primary N) is 2. The van der Waals surface area contributed by atoms with Gasteiger partial charge in [0.25, 0.3) is 0 Å². The quantitative estimate of drug-likeness (QED) is 0.707. The average Bonchev–Trinajstić information content (AvgIpc) is 2.26. The van der Waals surface area contributed by atoms with E-state index in [4.69, 9.17) is 11.5 Å². The summed E-state index contributed by atoms with van der Waals surface area (Å²) in [6.07, 6.45) is 13.2. The Kier molecular flexibility index (Phi) is 11.3. The van der Waals surface area contributed by atoms with E-state index in [1.165, 1.54) is 64.2 Å². The van der Waals surface area contributed by atoms with Crippen LogP contribution in [0.2, 0.25) is 0 Å². The monoisotopic (exact) mass is 228 g/mol. The molecule has 0 bridgehead atoms. The van der Waals surface area contributed by atoms with Crippen molar-refractivity contribution in [2.75, 3.05) is 0 Å². The standard InChI is InChI=1S/C8H19N.C6H13N/c1-3-4-5-6-7-8(2)9;7-6-4-2-1-3-5-6/h8H,3-7,9H2,1-2H3;6H,1-5,7H2. The zero-order valence-electron chi connectivity index (χ0n) is 11.4. The maximum atomic E-state index is 5.63. The Hall–Kier alpha value is -0.0800. The first-order chi connectivity index (χ1) is 7.66. The van der Waals surface area contributed by atoms with Crippen LogP contribution in [0.25, 0.3) is 0 Å². The second kappa shape index (κ2) is 11.4. The number of rotatable bonds is 5. The van der Waals surface area contributed by atoms with E-state index in [2.05, 4.69) is 13.8 Å². The molecule has 0 radical (unpaired) electrons. The van der Waals surface area contributed by atoms with Crippen LogP contribution in [-0.2, 0) is 0 Å². The Morgan fingerprint density at radius 2 is 1.69 bits per heavy atom. The summed E-state index contributed by atoms with van der Waals surface area (Å²) in [7, 11) is 0. The van der Waals surface area contributed by atoms with Gasteiger partial charge in [-0.05, 0) is 26.2 Å². The minimum absolute atomic E-state index is 0.404. The van der Waals surface area contributed by atoms with Crippen molar-refractivity contribution in [3.05, 3.63) is 0 Å². The number of unbranched alkanes of at least 4 members (excludes halogenated alkanes) is 3. The molecule has 1 fully saturated rings. The summed E-state index contributed by atoms with van der Waals surface area (Å²) in [4.78, 5) is 0. The maximum Gasteiger partial charge on any atom is 0.00388 e. The lowest BCUT2D eigenvalue weighted by atomic mass is 9.97. The highest BCUT2D eigenvalue weighted by molar-refractivity contribution is 4.66. The summed E-state index contributed by atoms with van der Waals surface area (Å²) in [6, 6.07) is 0.940. The summed E-state index contributed by atoms with van der Waals surface area (Å²) >= 11 is 0. The maximum absolute atomic E-state index is 5.63. The van der Waals surface area contributed by atoms with Crippen molar-refractivity contribution in [1.29, 1.82) is 0 Å². The van der Waals surface area contributed by atoms with E-state index in [9.17, 15) is 0 Å². The highest BCUT2D eigenvalue weighted by Gasteiger charge is 2.06. The van der Waals surface area contributed by atoms with E-state index in [0.717, 1.165) is 0 Å². The van der Waals surface area contributed by atoms with Gasteiger partial charge in [-0.1, -0.05) is 51.9 Å². The predicted octanol–water partition coefficient (Wildman–Crippen LogP) is 3.58. The van der Waals surface area contributed by atoms with Gasteiger partial charge in [-0.15, -0.1) is 0 Å². The topological polar surface area (TPSA) is 52.0 Å². The third kappa shape index (κ3) is 12.0. The molecule has 0 aliphatic heterocycles. The molecule has 0 aromatic carbocycles. The Morgan fingerprint density at radius 3 is 2.06 bits per heavy atom. The molecule has 1 aliphatic carbocycles. The summed E-state index contributed by atoms with van der Waals surface area (Å²) in [6.45, 7) is 4.30. The van der Waals surface area contributed by atoms with Crippen LogP contribution < -0.4 is 11.5 Å². The molecule has 0 amide bonds. The smallest absolute Gasteiger partial charge is 0.00388 e. The highest BCUT2D eigenvalue weighted by Crippen LogP contribution is 2.14. The first-order valence-corrected chi connectivity index (χ1v) is 7.18. The second-order valence-corrected chi connectivity index (χ2v) is 5.22. The van der Waals surface area contributed by atoms with Crippen LogP contribution in [0.4, 0.5) is 0 Å². The lowest BCUT2D eigenvalue weighted by Gasteiger charge is -2.15. The highest BCUT2D eigenvalue weighted by atomic mass is 14.6. The zero-order chi connectivity index (χ0) is 12.2. The van der Waals surface area contributed by atoms with Crippen LogP contribution in [0.1, 0.15) is 78.1 Å². The van der Waals surface area contributed by atoms with E-state index in [0.29, 0.717) is 12.1 Å². The molecule has 16 heavy (non-hydrogen) atoms. The predicted molar refractivity (Wildman–Crippen MR) is 73.5 cm³/mol. The van der Waals surface area contributed by atoms with Crippen molar-refractivity contribution < 1.29 is 0 Å². The molecule has 0 spiro atoms. The van der Waals surface area contributed by atoms with Gasteiger partial charge in [-0.2, -0.15) is 0 Å². The summed E-state index contributed by atoms with van der Waals surface area (Å²) in [5.74, 6) is 0. The SMILES string of the molecule is CCCCCCC(C)N.NC1CCCCC1. The van der Waals surface area contributed by atoms with Gasteiger partial charge in [0.15, 0.2) is 0 Å². The van der Waals surface area contributed by atoms with Gasteiger partial charge in [0.05, 0.1) is 0 Å². The summed E-state index contributed by atoms with van der Waals surface area (Å²) < 4.78 is 0. The van der Waals surface area contributed by atoms with Crippen molar-refractivity contribution in [1.82, 2.24) is 0 Å². The minimum atomic E-state index is 0.404. The molecule has 4 N–H and O–H groups in total. The van der Waals surface area contributed by atoms with Crippen LogP contribution in [-0.4, -0.2) is 12.1 Å². The lowest BCUT2D eigenvalue weighted by molar-refractivity contribution is 0.441. The van der Waals surface area contributed by atoms with Gasteiger partial charge in [0, 0.05) is 12.1 Å². The average molecular weight is 228 g/mol. The molecule has 2 heteroatoms. The van der Waals surface area contributed by atoms with Gasteiger partial charge >= 0.3 is 0 Å². The van der Waals surface area contributed by atoms with Crippen molar-refractivity contribution in [2.45, 2.75) is 90.1 Å². The molecule has 2 nitrogen and oxygen atoms in total. The molecule has 1 rings (SSSR count). The number of hydrogen-bond acceptors (Lipinski definition) is 2. The van der Waals surface area contributed by atoms with Gasteiger partial charge in [-0.25, -0.2) is 0 Å². The third-order valence-corrected chi connectivity index (χ3v) is 3.16. The molecule has 0 saturated heterocycles. The molecule has 1 aliphatic rings. The normalized spacial score (nSPS) is 18.8. The summed E-state index contributed by atoms with van der Waals surface area (Å²) in [5.41, 5.74) is 11.2.